The number of aryl methyl sites for hydroxylation is 2. The van der Waals surface area contributed by atoms with Crippen LogP contribution >= 0.6 is 0 Å². The van der Waals surface area contributed by atoms with Crippen LogP contribution in [0.3, 0.4) is 0 Å². The maximum atomic E-state index is 12.5. The van der Waals surface area contributed by atoms with E-state index in [9.17, 15) is 4.79 Å². The van der Waals surface area contributed by atoms with Crippen molar-refractivity contribution < 1.29 is 4.79 Å². The van der Waals surface area contributed by atoms with Crippen molar-refractivity contribution in [1.29, 1.82) is 0 Å². The molecule has 2 fully saturated rings. The second kappa shape index (κ2) is 7.62. The molecular weight excluding hydrogens is 338 g/mol. The van der Waals surface area contributed by atoms with Crippen molar-refractivity contribution in [3.05, 3.63) is 35.8 Å². The van der Waals surface area contributed by atoms with Crippen LogP contribution in [0, 0.1) is 19.8 Å². The third-order valence-electron chi connectivity index (χ3n) is 5.40. The van der Waals surface area contributed by atoms with E-state index in [1.165, 1.54) is 0 Å². The van der Waals surface area contributed by atoms with Crippen LogP contribution in [0.2, 0.25) is 0 Å². The summed E-state index contributed by atoms with van der Waals surface area (Å²) in [5.41, 5.74) is 3.87. The molecule has 1 saturated heterocycles. The van der Waals surface area contributed by atoms with Crippen molar-refractivity contribution in [3.63, 3.8) is 0 Å². The molecule has 6 heteroatoms. The van der Waals surface area contributed by atoms with Gasteiger partial charge in [0.2, 0.25) is 11.9 Å². The number of likely N-dealkylation sites (tertiary alicyclic amines) is 1. The Hall–Kier alpha value is -2.50. The van der Waals surface area contributed by atoms with Crippen LogP contribution < -0.4 is 5.32 Å². The minimum Gasteiger partial charge on any atom is -0.350 e. The fourth-order valence-corrected chi connectivity index (χ4v) is 3.77. The molecular formula is C21H27N5O. The highest BCUT2D eigenvalue weighted by Gasteiger charge is 2.34. The Labute approximate surface area is 160 Å². The summed E-state index contributed by atoms with van der Waals surface area (Å²) in [4.78, 5) is 28.2. The highest BCUT2D eigenvalue weighted by molar-refractivity contribution is 5.81. The van der Waals surface area contributed by atoms with Gasteiger partial charge in [0.25, 0.3) is 0 Å². The first kappa shape index (κ1) is 17.9. The quantitative estimate of drug-likeness (QED) is 0.900. The lowest BCUT2D eigenvalue weighted by molar-refractivity contribution is -0.132. The Morgan fingerprint density at radius 2 is 1.96 bits per heavy atom. The fourth-order valence-electron chi connectivity index (χ4n) is 3.77. The van der Waals surface area contributed by atoms with E-state index < -0.39 is 0 Å². The van der Waals surface area contributed by atoms with E-state index in [2.05, 4.69) is 21.4 Å². The van der Waals surface area contributed by atoms with Crippen LogP contribution in [0.5, 0.6) is 0 Å². The number of carbonyl (C=O) groups is 1. The number of anilines is 1. The highest BCUT2D eigenvalue weighted by atomic mass is 16.2. The number of rotatable bonds is 4. The van der Waals surface area contributed by atoms with Crippen LogP contribution in [0.15, 0.2) is 24.4 Å². The molecule has 1 amide bonds. The van der Waals surface area contributed by atoms with Gasteiger partial charge >= 0.3 is 0 Å². The predicted octanol–water partition coefficient (Wildman–Crippen LogP) is 3.36. The van der Waals surface area contributed by atoms with Gasteiger partial charge in [0.1, 0.15) is 0 Å². The zero-order chi connectivity index (χ0) is 18.8. The maximum absolute atomic E-state index is 12.5. The molecule has 0 aromatic carbocycles. The minimum atomic E-state index is 0.197. The van der Waals surface area contributed by atoms with Gasteiger partial charge in [0.15, 0.2) is 0 Å². The molecule has 3 heterocycles. The minimum absolute atomic E-state index is 0.197. The molecule has 1 atom stereocenters. The summed E-state index contributed by atoms with van der Waals surface area (Å²) in [6.07, 6.45) is 7.13. The fraction of sp³-hybridized carbons (Fsp3) is 0.524. The molecule has 1 aliphatic heterocycles. The molecule has 1 saturated carbocycles. The first-order valence-electron chi connectivity index (χ1n) is 9.93. The van der Waals surface area contributed by atoms with E-state index in [1.54, 1.807) is 6.20 Å². The summed E-state index contributed by atoms with van der Waals surface area (Å²) >= 11 is 0. The Kier molecular flexibility index (Phi) is 5.05. The van der Waals surface area contributed by atoms with E-state index in [-0.39, 0.29) is 12.0 Å². The van der Waals surface area contributed by atoms with Crippen molar-refractivity contribution in [2.45, 2.75) is 52.0 Å². The van der Waals surface area contributed by atoms with Crippen LogP contribution in [0.25, 0.3) is 11.3 Å². The van der Waals surface area contributed by atoms with Crippen molar-refractivity contribution >= 4 is 11.9 Å². The number of amides is 1. The van der Waals surface area contributed by atoms with E-state index in [4.69, 9.17) is 4.98 Å². The molecule has 0 radical (unpaired) electrons. The number of hydrogen-bond acceptors (Lipinski definition) is 5. The van der Waals surface area contributed by atoms with Crippen LogP contribution in [-0.4, -0.2) is 44.9 Å². The van der Waals surface area contributed by atoms with Crippen molar-refractivity contribution in [2.75, 3.05) is 18.4 Å². The monoisotopic (exact) mass is 365 g/mol. The Balaban J connectivity index is 1.49. The lowest BCUT2D eigenvalue weighted by Gasteiger charge is -2.25. The summed E-state index contributed by atoms with van der Waals surface area (Å²) in [5, 5.41) is 3.47. The maximum Gasteiger partial charge on any atom is 0.225 e. The van der Waals surface area contributed by atoms with Crippen LogP contribution in [0.1, 0.15) is 43.5 Å². The lowest BCUT2D eigenvalue weighted by Crippen LogP contribution is -2.40. The Morgan fingerprint density at radius 3 is 2.74 bits per heavy atom. The average molecular weight is 365 g/mol. The van der Waals surface area contributed by atoms with Gasteiger partial charge in [-0.25, -0.2) is 9.97 Å². The number of nitrogens with one attached hydrogen (secondary N) is 1. The number of nitrogens with zero attached hydrogens (tertiary/aromatic N) is 4. The predicted molar refractivity (Wildman–Crippen MR) is 105 cm³/mol. The number of aromatic nitrogens is 3. The van der Waals surface area contributed by atoms with E-state index in [1.807, 2.05) is 30.9 Å². The van der Waals surface area contributed by atoms with Crippen molar-refractivity contribution in [2.24, 2.45) is 5.92 Å². The summed E-state index contributed by atoms with van der Waals surface area (Å²) < 4.78 is 0. The van der Waals surface area contributed by atoms with Gasteiger partial charge in [-0.2, -0.15) is 0 Å². The summed E-state index contributed by atoms with van der Waals surface area (Å²) in [6.45, 7) is 5.62. The Morgan fingerprint density at radius 1 is 1.11 bits per heavy atom. The van der Waals surface area contributed by atoms with E-state index in [0.717, 1.165) is 67.8 Å². The number of carbonyl (C=O) groups excluding carboxylic acids is 1. The third kappa shape index (κ3) is 4.26. The van der Waals surface area contributed by atoms with Crippen molar-refractivity contribution in [3.8, 4) is 11.3 Å². The zero-order valence-electron chi connectivity index (χ0n) is 16.1. The Bertz CT molecular complexity index is 833. The molecule has 1 N–H and O–H groups in total. The van der Waals surface area contributed by atoms with Gasteiger partial charge in [-0.05, 0) is 64.2 Å². The highest BCUT2D eigenvalue weighted by Crippen LogP contribution is 2.32. The van der Waals surface area contributed by atoms with Crippen LogP contribution in [0.4, 0.5) is 5.95 Å². The summed E-state index contributed by atoms with van der Waals surface area (Å²) in [7, 11) is 0. The molecule has 0 spiro atoms. The number of pyridine rings is 1. The van der Waals surface area contributed by atoms with Crippen LogP contribution in [-0.2, 0) is 4.79 Å². The zero-order valence-corrected chi connectivity index (χ0v) is 16.1. The SMILES string of the molecule is Cc1ccc(-c2ccnc(N[C@H]3CCCCN(C(=O)C4CC4)C3)n2)c(C)n1. The van der Waals surface area contributed by atoms with Crippen molar-refractivity contribution in [1.82, 2.24) is 19.9 Å². The molecule has 2 aromatic heterocycles. The van der Waals surface area contributed by atoms with E-state index in [0.29, 0.717) is 11.9 Å². The second-order valence-corrected chi connectivity index (χ2v) is 7.75. The van der Waals surface area contributed by atoms with Gasteiger partial charge in [-0.1, -0.05) is 0 Å². The third-order valence-corrected chi connectivity index (χ3v) is 5.40. The summed E-state index contributed by atoms with van der Waals surface area (Å²) in [5.74, 6) is 1.23. The van der Waals surface area contributed by atoms with Gasteiger partial charge in [-0.3, -0.25) is 9.78 Å². The van der Waals surface area contributed by atoms with Gasteiger partial charge in [0.05, 0.1) is 5.69 Å². The first-order valence-corrected chi connectivity index (χ1v) is 9.93. The normalized spacial score (nSPS) is 20.2. The first-order chi connectivity index (χ1) is 13.1. The second-order valence-electron chi connectivity index (χ2n) is 7.75. The molecule has 0 unspecified atom stereocenters. The molecule has 6 nitrogen and oxygen atoms in total. The molecule has 142 valence electrons. The topological polar surface area (TPSA) is 71.0 Å². The smallest absolute Gasteiger partial charge is 0.225 e. The average Bonchev–Trinajstić information content (AvgIpc) is 3.49. The van der Waals surface area contributed by atoms with E-state index >= 15 is 0 Å². The lowest BCUT2D eigenvalue weighted by atomic mass is 10.1. The standard InChI is InChI=1S/C21H27N5O/c1-14-6-9-18(15(2)23-14)19-10-11-22-21(25-19)24-17-5-3-4-12-26(13-17)20(27)16-7-8-16/h6,9-11,16-17H,3-5,7-8,12-13H2,1-2H3,(H,22,24,25)/t17-/m0/s1. The largest absolute Gasteiger partial charge is 0.350 e. The molecule has 27 heavy (non-hydrogen) atoms. The van der Waals surface area contributed by atoms with Gasteiger partial charge < -0.3 is 10.2 Å². The molecule has 4 rings (SSSR count). The molecule has 2 aliphatic rings. The van der Waals surface area contributed by atoms with Gasteiger partial charge in [0, 0.05) is 48.2 Å². The van der Waals surface area contributed by atoms with Gasteiger partial charge in [-0.15, -0.1) is 0 Å². The molecule has 0 bridgehead atoms. The summed E-state index contributed by atoms with van der Waals surface area (Å²) in [6, 6.07) is 6.18. The molecule has 1 aliphatic carbocycles. The number of hydrogen-bond donors (Lipinski definition) is 1. The molecule has 2 aromatic rings.